The number of guanidine groups is 1. The fourth-order valence-electron chi connectivity index (χ4n) is 2.29. The van der Waals surface area contributed by atoms with Gasteiger partial charge in [-0.05, 0) is 43.0 Å². The van der Waals surface area contributed by atoms with Crippen LogP contribution in [0.3, 0.4) is 0 Å². The molecule has 6 heteroatoms. The van der Waals surface area contributed by atoms with Crippen LogP contribution in [0.4, 0.5) is 0 Å². The highest BCUT2D eigenvalue weighted by molar-refractivity contribution is 9.10. The summed E-state index contributed by atoms with van der Waals surface area (Å²) < 4.78 is 6.66. The minimum Gasteiger partial charge on any atom is -0.376 e. The van der Waals surface area contributed by atoms with Crippen molar-refractivity contribution < 1.29 is 4.74 Å². The molecule has 1 aromatic carbocycles. The molecule has 4 nitrogen and oxygen atoms in total. The summed E-state index contributed by atoms with van der Waals surface area (Å²) in [5.74, 6) is 0.809. The van der Waals surface area contributed by atoms with Crippen LogP contribution in [0.5, 0.6) is 0 Å². The van der Waals surface area contributed by atoms with Crippen molar-refractivity contribution in [1.29, 1.82) is 0 Å². The van der Waals surface area contributed by atoms with Crippen molar-refractivity contribution in [2.75, 3.05) is 26.7 Å². The van der Waals surface area contributed by atoms with E-state index in [1.165, 1.54) is 5.56 Å². The van der Waals surface area contributed by atoms with Crippen LogP contribution in [0, 0.1) is 0 Å². The number of rotatable bonds is 5. The molecule has 21 heavy (non-hydrogen) atoms. The highest BCUT2D eigenvalue weighted by Crippen LogP contribution is 2.21. The number of nitrogens with zero attached hydrogens (tertiary/aromatic N) is 1. The van der Waals surface area contributed by atoms with Gasteiger partial charge in [0.1, 0.15) is 0 Å². The molecule has 0 saturated carbocycles. The summed E-state index contributed by atoms with van der Waals surface area (Å²) in [5, 5.41) is 7.37. The van der Waals surface area contributed by atoms with Crippen molar-refractivity contribution in [3.8, 4) is 0 Å². The molecule has 1 aliphatic heterocycles. The zero-order chi connectivity index (χ0) is 15.1. The standard InChI is InChI=1S/C15H21BrClN3O/c1-18-15(20-10-13-3-2-8-21-13)19-7-6-11-9-12(17)4-5-14(11)16/h4-5,9,13H,2-3,6-8,10H2,1H3,(H2,18,19,20). The van der Waals surface area contributed by atoms with Gasteiger partial charge in [-0.15, -0.1) is 0 Å². The van der Waals surface area contributed by atoms with Crippen molar-refractivity contribution >= 4 is 33.5 Å². The Morgan fingerprint density at radius 3 is 3.05 bits per heavy atom. The van der Waals surface area contributed by atoms with Gasteiger partial charge in [-0.1, -0.05) is 27.5 Å². The molecule has 0 radical (unpaired) electrons. The molecule has 0 aliphatic carbocycles. The molecule has 0 bridgehead atoms. The van der Waals surface area contributed by atoms with Crippen LogP contribution in [-0.2, 0) is 11.2 Å². The Labute approximate surface area is 139 Å². The molecule has 1 heterocycles. The number of halogens is 2. The third-order valence-electron chi connectivity index (χ3n) is 3.44. The predicted molar refractivity (Wildman–Crippen MR) is 91.2 cm³/mol. The fourth-order valence-corrected chi connectivity index (χ4v) is 2.93. The average Bonchev–Trinajstić information content (AvgIpc) is 2.99. The largest absolute Gasteiger partial charge is 0.376 e. The zero-order valence-electron chi connectivity index (χ0n) is 12.2. The molecule has 0 spiro atoms. The van der Waals surface area contributed by atoms with Gasteiger partial charge in [0.25, 0.3) is 0 Å². The first-order valence-corrected chi connectivity index (χ1v) is 8.36. The molecule has 1 unspecified atom stereocenters. The first-order chi connectivity index (χ1) is 10.2. The molecule has 1 saturated heterocycles. The number of hydrogen-bond donors (Lipinski definition) is 2. The van der Waals surface area contributed by atoms with E-state index < -0.39 is 0 Å². The molecule has 2 N–H and O–H groups in total. The predicted octanol–water partition coefficient (Wildman–Crippen LogP) is 2.99. The lowest BCUT2D eigenvalue weighted by atomic mass is 10.1. The molecule has 1 aliphatic rings. The second-order valence-electron chi connectivity index (χ2n) is 5.00. The third-order valence-corrected chi connectivity index (χ3v) is 4.45. The third kappa shape index (κ3) is 5.49. The summed E-state index contributed by atoms with van der Waals surface area (Å²) in [6.07, 6.45) is 3.47. The molecule has 0 aromatic heterocycles. The maximum Gasteiger partial charge on any atom is 0.191 e. The lowest BCUT2D eigenvalue weighted by molar-refractivity contribution is 0.114. The second kappa shape index (κ2) is 8.61. The average molecular weight is 375 g/mol. The highest BCUT2D eigenvalue weighted by Gasteiger charge is 2.15. The Morgan fingerprint density at radius 1 is 1.48 bits per heavy atom. The SMILES string of the molecule is CN=C(NCCc1cc(Cl)ccc1Br)NCC1CCCO1. The minimum atomic E-state index is 0.311. The molecule has 1 aromatic rings. The van der Waals surface area contributed by atoms with Gasteiger partial charge >= 0.3 is 0 Å². The Hall–Kier alpha value is -0.780. The van der Waals surface area contributed by atoms with Gasteiger partial charge in [-0.3, -0.25) is 4.99 Å². The van der Waals surface area contributed by atoms with Crippen LogP contribution in [0.2, 0.25) is 5.02 Å². The maximum atomic E-state index is 6.02. The number of aliphatic imine (C=N–C) groups is 1. The highest BCUT2D eigenvalue weighted by atomic mass is 79.9. The van der Waals surface area contributed by atoms with E-state index in [1.54, 1.807) is 7.05 Å². The minimum absolute atomic E-state index is 0.311. The van der Waals surface area contributed by atoms with Gasteiger partial charge in [-0.25, -0.2) is 0 Å². The van der Waals surface area contributed by atoms with E-state index >= 15 is 0 Å². The van der Waals surface area contributed by atoms with Crippen LogP contribution in [0.25, 0.3) is 0 Å². The summed E-state index contributed by atoms with van der Waals surface area (Å²) in [6, 6.07) is 5.84. The normalized spacial score (nSPS) is 18.8. The van der Waals surface area contributed by atoms with Gasteiger partial charge < -0.3 is 15.4 Å². The quantitative estimate of drug-likeness (QED) is 0.615. The van der Waals surface area contributed by atoms with Crippen LogP contribution in [0.1, 0.15) is 18.4 Å². The van der Waals surface area contributed by atoms with E-state index in [2.05, 4.69) is 31.6 Å². The topological polar surface area (TPSA) is 45.7 Å². The van der Waals surface area contributed by atoms with Gasteiger partial charge in [-0.2, -0.15) is 0 Å². The summed E-state index contributed by atoms with van der Waals surface area (Å²) in [6.45, 7) is 2.48. The first-order valence-electron chi connectivity index (χ1n) is 7.19. The molecular formula is C15H21BrClN3O. The fraction of sp³-hybridized carbons (Fsp3) is 0.533. The van der Waals surface area contributed by atoms with E-state index in [0.29, 0.717) is 6.10 Å². The van der Waals surface area contributed by atoms with E-state index in [-0.39, 0.29) is 0 Å². The van der Waals surface area contributed by atoms with Crippen molar-refractivity contribution in [3.05, 3.63) is 33.3 Å². The van der Waals surface area contributed by atoms with Crippen LogP contribution in [-0.4, -0.2) is 38.8 Å². The van der Waals surface area contributed by atoms with Crippen molar-refractivity contribution in [2.24, 2.45) is 4.99 Å². The summed E-state index contributed by atoms with van der Waals surface area (Å²) in [4.78, 5) is 4.22. The Bertz CT molecular complexity index is 490. The maximum absolute atomic E-state index is 6.02. The van der Waals surface area contributed by atoms with Crippen LogP contribution >= 0.6 is 27.5 Å². The van der Waals surface area contributed by atoms with Crippen LogP contribution in [0.15, 0.2) is 27.7 Å². The molecule has 1 fully saturated rings. The number of benzene rings is 1. The number of nitrogens with one attached hydrogen (secondary N) is 2. The molecule has 116 valence electrons. The lowest BCUT2D eigenvalue weighted by Crippen LogP contribution is -2.41. The molecule has 0 amide bonds. The first kappa shape index (κ1) is 16.6. The Morgan fingerprint density at radius 2 is 2.33 bits per heavy atom. The van der Waals surface area contributed by atoms with E-state index in [0.717, 1.165) is 54.4 Å². The number of hydrogen-bond acceptors (Lipinski definition) is 2. The summed E-state index contributed by atoms with van der Waals surface area (Å²) in [5.41, 5.74) is 1.18. The molecule has 2 rings (SSSR count). The zero-order valence-corrected chi connectivity index (χ0v) is 14.5. The summed E-state index contributed by atoms with van der Waals surface area (Å²) >= 11 is 9.56. The van der Waals surface area contributed by atoms with Crippen LogP contribution < -0.4 is 10.6 Å². The van der Waals surface area contributed by atoms with Gasteiger partial charge in [0.2, 0.25) is 0 Å². The smallest absolute Gasteiger partial charge is 0.191 e. The van der Waals surface area contributed by atoms with E-state index in [1.807, 2.05) is 18.2 Å². The molecular weight excluding hydrogens is 354 g/mol. The van der Waals surface area contributed by atoms with Crippen molar-refractivity contribution in [3.63, 3.8) is 0 Å². The second-order valence-corrected chi connectivity index (χ2v) is 6.29. The Balaban J connectivity index is 1.74. The lowest BCUT2D eigenvalue weighted by Gasteiger charge is -2.15. The monoisotopic (exact) mass is 373 g/mol. The number of ether oxygens (including phenoxy) is 1. The van der Waals surface area contributed by atoms with Gasteiger partial charge in [0.05, 0.1) is 6.10 Å². The van der Waals surface area contributed by atoms with E-state index in [9.17, 15) is 0 Å². The van der Waals surface area contributed by atoms with Crippen molar-refractivity contribution in [1.82, 2.24) is 10.6 Å². The van der Waals surface area contributed by atoms with Gasteiger partial charge in [0.15, 0.2) is 5.96 Å². The van der Waals surface area contributed by atoms with E-state index in [4.69, 9.17) is 16.3 Å². The summed E-state index contributed by atoms with van der Waals surface area (Å²) in [7, 11) is 1.78. The van der Waals surface area contributed by atoms with Crippen molar-refractivity contribution in [2.45, 2.75) is 25.4 Å². The van der Waals surface area contributed by atoms with Gasteiger partial charge in [0, 0.05) is 36.2 Å². The Kier molecular flexibility index (Phi) is 6.80. The molecule has 1 atom stereocenters.